The molecule has 0 heterocycles. The maximum atomic E-state index is 13.8. The molecule has 0 saturated carbocycles. The van der Waals surface area contributed by atoms with Gasteiger partial charge in [0.05, 0.1) is 13.0 Å². The molecule has 3 amide bonds. The van der Waals surface area contributed by atoms with E-state index in [9.17, 15) is 24.3 Å². The van der Waals surface area contributed by atoms with Gasteiger partial charge in [-0.25, -0.2) is 4.79 Å². The number of alkyl carbamates (subject to hydrolysis) is 1. The van der Waals surface area contributed by atoms with Gasteiger partial charge in [0, 0.05) is 12.1 Å². The molecular formula is C26H41N3O7. The topological polar surface area (TPSA) is 134 Å². The lowest BCUT2D eigenvalue weighted by atomic mass is 9.92. The van der Waals surface area contributed by atoms with E-state index in [1.54, 1.807) is 39.8 Å². The smallest absolute Gasteiger partial charge is 0.408 e. The number of amides is 3. The number of carbonyl (C=O) groups excluding carboxylic acids is 4. The Labute approximate surface area is 213 Å². The van der Waals surface area contributed by atoms with E-state index >= 15 is 0 Å². The van der Waals surface area contributed by atoms with E-state index in [1.807, 2.05) is 20.8 Å². The van der Waals surface area contributed by atoms with Gasteiger partial charge in [-0.15, -0.1) is 0 Å². The Morgan fingerprint density at radius 3 is 2.11 bits per heavy atom. The average molecular weight is 508 g/mol. The number of phenols is 1. The van der Waals surface area contributed by atoms with E-state index in [-0.39, 0.29) is 25.3 Å². The van der Waals surface area contributed by atoms with E-state index in [0.29, 0.717) is 12.0 Å². The average Bonchev–Trinajstić information content (AvgIpc) is 2.76. The predicted molar refractivity (Wildman–Crippen MR) is 135 cm³/mol. The summed E-state index contributed by atoms with van der Waals surface area (Å²) in [6.45, 7) is 14.2. The Morgan fingerprint density at radius 1 is 1.03 bits per heavy atom. The minimum Gasteiger partial charge on any atom is -0.508 e. The first-order chi connectivity index (χ1) is 16.6. The minimum absolute atomic E-state index is 0.00723. The summed E-state index contributed by atoms with van der Waals surface area (Å²) in [5.74, 6) is -1.44. The fraction of sp³-hybridized carbons (Fsp3) is 0.615. The molecule has 0 aliphatic rings. The van der Waals surface area contributed by atoms with Gasteiger partial charge in [-0.2, -0.15) is 0 Å². The maximum absolute atomic E-state index is 13.8. The number of benzene rings is 1. The van der Waals surface area contributed by atoms with E-state index in [0.717, 1.165) is 0 Å². The molecule has 1 aromatic carbocycles. The summed E-state index contributed by atoms with van der Waals surface area (Å²) >= 11 is 0. The molecule has 0 bridgehead atoms. The number of nitrogens with one attached hydrogen (secondary N) is 2. The zero-order valence-electron chi connectivity index (χ0n) is 22.6. The van der Waals surface area contributed by atoms with Crippen LogP contribution in [-0.4, -0.2) is 64.2 Å². The van der Waals surface area contributed by atoms with Crippen LogP contribution in [0.1, 0.15) is 79.8 Å². The van der Waals surface area contributed by atoms with Crippen LogP contribution in [0.15, 0.2) is 24.3 Å². The lowest BCUT2D eigenvalue weighted by Gasteiger charge is -2.44. The molecule has 0 spiro atoms. The Hall–Kier alpha value is -3.30. The summed E-state index contributed by atoms with van der Waals surface area (Å²) in [5, 5.41) is 15.0. The Kier molecular flexibility index (Phi) is 11.2. The zero-order valence-corrected chi connectivity index (χ0v) is 22.6. The van der Waals surface area contributed by atoms with E-state index in [1.165, 1.54) is 24.0 Å². The molecule has 36 heavy (non-hydrogen) atoms. The SMILES string of the molecule is CCOC(=O)CCNC(=O)C(c1ccc(O)cc1)N(C(=O)C(C)NC(=O)OC(C)(C)C)C(C)(C)CC. The number of phenolic OH excluding ortho intramolecular Hbond substituents is 1. The van der Waals surface area contributed by atoms with Crippen LogP contribution in [0.3, 0.4) is 0 Å². The normalized spacial score (nSPS) is 13.2. The van der Waals surface area contributed by atoms with Crippen molar-refractivity contribution in [2.75, 3.05) is 13.2 Å². The third-order valence-corrected chi connectivity index (χ3v) is 5.51. The highest BCUT2D eigenvalue weighted by Gasteiger charge is 2.42. The van der Waals surface area contributed by atoms with Crippen molar-refractivity contribution < 1.29 is 33.8 Å². The van der Waals surface area contributed by atoms with Gasteiger partial charge < -0.3 is 30.1 Å². The second-order valence-corrected chi connectivity index (χ2v) is 10.1. The van der Waals surface area contributed by atoms with Crippen molar-refractivity contribution in [3.05, 3.63) is 29.8 Å². The Balaban J connectivity index is 3.35. The summed E-state index contributed by atoms with van der Waals surface area (Å²) in [4.78, 5) is 52.7. The highest BCUT2D eigenvalue weighted by Crippen LogP contribution is 2.32. The van der Waals surface area contributed by atoms with Crippen molar-refractivity contribution in [2.24, 2.45) is 0 Å². The number of ether oxygens (including phenoxy) is 2. The van der Waals surface area contributed by atoms with E-state index in [2.05, 4.69) is 10.6 Å². The standard InChI is InChI=1S/C26H41N3O7/c1-9-26(7,8)29(23(33)17(3)28-24(34)36-25(4,5)6)21(18-11-13-19(30)14-12-18)22(32)27-16-15-20(31)35-10-2/h11-14,17,21,30H,9-10,15-16H2,1-8H3,(H,27,32)(H,28,34). The molecule has 0 radical (unpaired) electrons. The number of nitrogens with zero attached hydrogens (tertiary/aromatic N) is 1. The van der Waals surface area contributed by atoms with Crippen LogP contribution in [0.25, 0.3) is 0 Å². The molecule has 0 saturated heterocycles. The summed E-state index contributed by atoms with van der Waals surface area (Å²) in [6, 6.07) is 3.87. The van der Waals surface area contributed by atoms with Crippen LogP contribution in [0.4, 0.5) is 4.79 Å². The van der Waals surface area contributed by atoms with Crippen molar-refractivity contribution in [2.45, 2.75) is 91.5 Å². The Bertz CT molecular complexity index is 907. The molecule has 10 heteroatoms. The minimum atomic E-state index is -1.10. The number of hydrogen-bond donors (Lipinski definition) is 3. The fourth-order valence-electron chi connectivity index (χ4n) is 3.39. The predicted octanol–water partition coefficient (Wildman–Crippen LogP) is 3.43. The largest absolute Gasteiger partial charge is 0.508 e. The number of hydrogen-bond acceptors (Lipinski definition) is 7. The molecule has 3 N–H and O–H groups in total. The summed E-state index contributed by atoms with van der Waals surface area (Å²) in [7, 11) is 0. The molecule has 0 fully saturated rings. The monoisotopic (exact) mass is 507 g/mol. The van der Waals surface area contributed by atoms with Gasteiger partial charge in [0.1, 0.15) is 23.4 Å². The number of rotatable bonds is 11. The number of aromatic hydroxyl groups is 1. The van der Waals surface area contributed by atoms with Crippen molar-refractivity contribution in [1.29, 1.82) is 0 Å². The summed E-state index contributed by atoms with van der Waals surface area (Å²) in [5.41, 5.74) is -1.09. The first kappa shape index (κ1) is 30.7. The highest BCUT2D eigenvalue weighted by molar-refractivity contribution is 5.92. The first-order valence-electron chi connectivity index (χ1n) is 12.2. The van der Waals surface area contributed by atoms with Crippen molar-refractivity contribution >= 4 is 23.9 Å². The zero-order chi connectivity index (χ0) is 27.7. The number of carbonyl (C=O) groups is 4. The quantitative estimate of drug-likeness (QED) is 0.391. The van der Waals surface area contributed by atoms with E-state index in [4.69, 9.17) is 9.47 Å². The molecule has 10 nitrogen and oxygen atoms in total. The van der Waals surface area contributed by atoms with Gasteiger partial charge >= 0.3 is 12.1 Å². The van der Waals surface area contributed by atoms with E-state index < -0.39 is 47.1 Å². The van der Waals surface area contributed by atoms with Gasteiger partial charge in [0.25, 0.3) is 0 Å². The van der Waals surface area contributed by atoms with Crippen LogP contribution in [0.2, 0.25) is 0 Å². The molecule has 0 aliphatic heterocycles. The van der Waals surface area contributed by atoms with Gasteiger partial charge in [-0.3, -0.25) is 14.4 Å². The fourth-order valence-corrected chi connectivity index (χ4v) is 3.39. The van der Waals surface area contributed by atoms with Crippen LogP contribution in [0, 0.1) is 0 Å². The maximum Gasteiger partial charge on any atom is 0.408 e. The number of esters is 1. The van der Waals surface area contributed by atoms with Gasteiger partial charge in [0.2, 0.25) is 11.8 Å². The summed E-state index contributed by atoms with van der Waals surface area (Å²) < 4.78 is 10.2. The van der Waals surface area contributed by atoms with Crippen LogP contribution in [-0.2, 0) is 23.9 Å². The van der Waals surface area contributed by atoms with Gasteiger partial charge in [-0.05, 0) is 72.6 Å². The second-order valence-electron chi connectivity index (χ2n) is 10.1. The molecular weight excluding hydrogens is 466 g/mol. The van der Waals surface area contributed by atoms with Crippen molar-refractivity contribution in [1.82, 2.24) is 15.5 Å². The Morgan fingerprint density at radius 2 is 1.61 bits per heavy atom. The third kappa shape index (κ3) is 9.39. The first-order valence-corrected chi connectivity index (χ1v) is 12.2. The molecule has 2 unspecified atom stereocenters. The third-order valence-electron chi connectivity index (χ3n) is 5.51. The van der Waals surface area contributed by atoms with Crippen LogP contribution in [0.5, 0.6) is 5.75 Å². The van der Waals surface area contributed by atoms with Crippen LogP contribution < -0.4 is 10.6 Å². The molecule has 1 aromatic rings. The molecule has 1 rings (SSSR count). The molecule has 0 aliphatic carbocycles. The lowest BCUT2D eigenvalue weighted by molar-refractivity contribution is -0.149. The lowest BCUT2D eigenvalue weighted by Crippen LogP contribution is -2.58. The molecule has 0 aromatic heterocycles. The summed E-state index contributed by atoms with van der Waals surface area (Å²) in [6.07, 6.45) is -0.274. The van der Waals surface area contributed by atoms with Crippen molar-refractivity contribution in [3.63, 3.8) is 0 Å². The highest BCUT2D eigenvalue weighted by atomic mass is 16.6. The van der Waals surface area contributed by atoms with Crippen LogP contribution >= 0.6 is 0 Å². The van der Waals surface area contributed by atoms with Gasteiger partial charge in [-0.1, -0.05) is 19.1 Å². The van der Waals surface area contributed by atoms with Gasteiger partial charge in [0.15, 0.2) is 0 Å². The molecule has 2 atom stereocenters. The second kappa shape index (κ2) is 13.1. The molecule has 202 valence electrons. The van der Waals surface area contributed by atoms with Crippen molar-refractivity contribution in [3.8, 4) is 5.75 Å².